The van der Waals surface area contributed by atoms with Gasteiger partial charge in [-0.25, -0.2) is 4.39 Å². The Kier molecular flexibility index (Phi) is 5.18. The fraction of sp³-hybridized carbons (Fsp3) is 0.105. The van der Waals surface area contributed by atoms with Gasteiger partial charge in [-0.15, -0.1) is 0 Å². The molecule has 1 aliphatic heterocycles. The van der Waals surface area contributed by atoms with Gasteiger partial charge >= 0.3 is 0 Å². The van der Waals surface area contributed by atoms with E-state index in [0.717, 1.165) is 4.90 Å². The molecule has 0 bridgehead atoms. The van der Waals surface area contributed by atoms with Gasteiger partial charge in [0.05, 0.1) is 19.9 Å². The Hall–Kier alpha value is -3.26. The molecule has 1 N–H and O–H groups in total. The minimum absolute atomic E-state index is 0.0774. The number of para-hydroxylation sites is 1. The highest BCUT2D eigenvalue weighted by molar-refractivity contribution is 7.80. The second kappa shape index (κ2) is 7.55. The predicted octanol–water partition coefficient (Wildman–Crippen LogP) is 2.67. The average Bonchev–Trinajstić information content (AvgIpc) is 2.66. The average molecular weight is 386 g/mol. The summed E-state index contributed by atoms with van der Waals surface area (Å²) in [5.74, 6) is -0.862. The highest BCUT2D eigenvalue weighted by Crippen LogP contribution is 2.33. The van der Waals surface area contributed by atoms with Crippen LogP contribution in [0, 0.1) is 5.82 Å². The van der Waals surface area contributed by atoms with Crippen molar-refractivity contribution in [3.63, 3.8) is 0 Å². The molecule has 1 fully saturated rings. The Balaban J connectivity index is 2.06. The second-order valence-corrected chi connectivity index (χ2v) is 5.90. The van der Waals surface area contributed by atoms with Crippen LogP contribution in [0.25, 0.3) is 6.08 Å². The molecule has 0 aliphatic carbocycles. The summed E-state index contributed by atoms with van der Waals surface area (Å²) in [6.07, 6.45) is 1.40. The topological polar surface area (TPSA) is 67.9 Å². The summed E-state index contributed by atoms with van der Waals surface area (Å²) in [6, 6.07) is 10.3. The van der Waals surface area contributed by atoms with E-state index in [4.69, 9.17) is 21.7 Å². The molecule has 27 heavy (non-hydrogen) atoms. The number of thiocarbonyl (C=S) groups is 1. The first-order valence-electron chi connectivity index (χ1n) is 7.84. The number of nitrogens with zero attached hydrogens (tertiary/aromatic N) is 1. The van der Waals surface area contributed by atoms with Gasteiger partial charge in [0.2, 0.25) is 0 Å². The summed E-state index contributed by atoms with van der Waals surface area (Å²) in [4.78, 5) is 26.4. The number of carbonyl (C=O) groups excluding carboxylic acids is 2. The van der Waals surface area contributed by atoms with E-state index in [9.17, 15) is 14.0 Å². The molecule has 8 heteroatoms. The van der Waals surface area contributed by atoms with Gasteiger partial charge in [0.15, 0.2) is 16.6 Å². The number of methoxy groups -OCH3 is 2. The number of anilines is 1. The molecular weight excluding hydrogens is 371 g/mol. The van der Waals surface area contributed by atoms with Crippen LogP contribution in [-0.4, -0.2) is 31.1 Å². The van der Waals surface area contributed by atoms with Crippen LogP contribution in [0.3, 0.4) is 0 Å². The van der Waals surface area contributed by atoms with Gasteiger partial charge in [0.1, 0.15) is 11.4 Å². The van der Waals surface area contributed by atoms with Crippen molar-refractivity contribution < 1.29 is 23.5 Å². The fourth-order valence-electron chi connectivity index (χ4n) is 2.66. The normalized spacial score (nSPS) is 15.7. The second-order valence-electron chi connectivity index (χ2n) is 5.52. The molecule has 1 heterocycles. The number of hydrogen-bond acceptors (Lipinski definition) is 5. The molecule has 2 aromatic carbocycles. The molecule has 0 spiro atoms. The largest absolute Gasteiger partial charge is 0.493 e. The lowest BCUT2D eigenvalue weighted by atomic mass is 10.1. The first-order chi connectivity index (χ1) is 13.0. The lowest BCUT2D eigenvalue weighted by Gasteiger charge is -2.29. The van der Waals surface area contributed by atoms with Crippen LogP contribution in [0.2, 0.25) is 0 Å². The summed E-state index contributed by atoms with van der Waals surface area (Å²) in [6.45, 7) is 0. The fourth-order valence-corrected chi connectivity index (χ4v) is 2.94. The lowest BCUT2D eigenvalue weighted by molar-refractivity contribution is -0.122. The summed E-state index contributed by atoms with van der Waals surface area (Å²) in [5, 5.41) is 2.40. The van der Waals surface area contributed by atoms with E-state index in [-0.39, 0.29) is 10.7 Å². The third-order valence-electron chi connectivity index (χ3n) is 3.92. The number of amides is 2. The van der Waals surface area contributed by atoms with E-state index in [1.807, 2.05) is 0 Å². The maximum Gasteiger partial charge on any atom is 0.270 e. The van der Waals surface area contributed by atoms with Crippen LogP contribution in [0.1, 0.15) is 5.56 Å². The first kappa shape index (κ1) is 18.5. The van der Waals surface area contributed by atoms with E-state index in [2.05, 4.69) is 5.32 Å². The van der Waals surface area contributed by atoms with Crippen LogP contribution in [0.5, 0.6) is 11.5 Å². The van der Waals surface area contributed by atoms with Gasteiger partial charge in [-0.05, 0) is 48.6 Å². The van der Waals surface area contributed by atoms with Crippen molar-refractivity contribution in [1.82, 2.24) is 5.32 Å². The minimum Gasteiger partial charge on any atom is -0.493 e. The molecule has 1 aliphatic rings. The van der Waals surface area contributed by atoms with Crippen LogP contribution < -0.4 is 19.7 Å². The van der Waals surface area contributed by atoms with Gasteiger partial charge in [-0.2, -0.15) is 0 Å². The minimum atomic E-state index is -0.631. The zero-order chi connectivity index (χ0) is 19.6. The molecule has 0 aromatic heterocycles. The highest BCUT2D eigenvalue weighted by Gasteiger charge is 2.34. The molecule has 0 unspecified atom stereocenters. The maximum atomic E-state index is 13.2. The van der Waals surface area contributed by atoms with Gasteiger partial charge < -0.3 is 9.47 Å². The number of halogens is 1. The quantitative estimate of drug-likeness (QED) is 0.497. The van der Waals surface area contributed by atoms with Crippen LogP contribution in [0.4, 0.5) is 10.1 Å². The monoisotopic (exact) mass is 386 g/mol. The Morgan fingerprint density at radius 1 is 1.07 bits per heavy atom. The number of nitrogens with one attached hydrogen (secondary N) is 1. The summed E-state index contributed by atoms with van der Waals surface area (Å²) >= 11 is 5.11. The molecule has 2 amide bonds. The molecule has 0 saturated carbocycles. The zero-order valence-corrected chi connectivity index (χ0v) is 15.3. The molecular formula is C19H15FN2O4S. The molecule has 0 atom stereocenters. The van der Waals surface area contributed by atoms with Crippen LogP contribution in [-0.2, 0) is 9.59 Å². The van der Waals surface area contributed by atoms with E-state index in [1.54, 1.807) is 18.2 Å². The Morgan fingerprint density at radius 2 is 1.78 bits per heavy atom. The smallest absolute Gasteiger partial charge is 0.270 e. The van der Waals surface area contributed by atoms with Crippen molar-refractivity contribution in [2.24, 2.45) is 0 Å². The SMILES string of the molecule is COc1cccc(/C=C2\C(=O)NC(=S)N(c3ccc(F)cc3)C2=O)c1OC. The Bertz CT molecular complexity index is 957. The highest BCUT2D eigenvalue weighted by atomic mass is 32.1. The maximum absolute atomic E-state index is 13.2. The Labute approximate surface area is 160 Å². The predicted molar refractivity (Wildman–Crippen MR) is 102 cm³/mol. The molecule has 0 radical (unpaired) electrons. The van der Waals surface area contributed by atoms with Crippen molar-refractivity contribution in [2.45, 2.75) is 0 Å². The zero-order valence-electron chi connectivity index (χ0n) is 14.5. The van der Waals surface area contributed by atoms with Crippen LogP contribution >= 0.6 is 12.2 Å². The van der Waals surface area contributed by atoms with Crippen molar-refractivity contribution in [1.29, 1.82) is 0 Å². The van der Waals surface area contributed by atoms with Crippen molar-refractivity contribution >= 4 is 40.9 Å². The molecule has 138 valence electrons. The van der Waals surface area contributed by atoms with E-state index in [0.29, 0.717) is 22.7 Å². The van der Waals surface area contributed by atoms with Crippen molar-refractivity contribution in [2.75, 3.05) is 19.1 Å². The first-order valence-corrected chi connectivity index (χ1v) is 8.25. The summed E-state index contributed by atoms with van der Waals surface area (Å²) in [7, 11) is 2.95. The number of ether oxygens (including phenoxy) is 2. The van der Waals surface area contributed by atoms with E-state index in [1.165, 1.54) is 44.6 Å². The molecule has 3 rings (SSSR count). The van der Waals surface area contributed by atoms with E-state index < -0.39 is 17.6 Å². The third-order valence-corrected chi connectivity index (χ3v) is 4.20. The Morgan fingerprint density at radius 3 is 2.41 bits per heavy atom. The summed E-state index contributed by atoms with van der Waals surface area (Å²) in [5.41, 5.74) is 0.691. The van der Waals surface area contributed by atoms with Crippen molar-refractivity contribution in [3.05, 3.63) is 59.4 Å². The number of carbonyl (C=O) groups is 2. The van der Waals surface area contributed by atoms with Crippen LogP contribution in [0.15, 0.2) is 48.0 Å². The number of benzene rings is 2. The van der Waals surface area contributed by atoms with Crippen molar-refractivity contribution in [3.8, 4) is 11.5 Å². The van der Waals surface area contributed by atoms with Gasteiger partial charge in [0.25, 0.3) is 11.8 Å². The lowest BCUT2D eigenvalue weighted by Crippen LogP contribution is -2.54. The summed E-state index contributed by atoms with van der Waals surface area (Å²) < 4.78 is 23.7. The van der Waals surface area contributed by atoms with Gasteiger partial charge in [-0.3, -0.25) is 19.8 Å². The van der Waals surface area contributed by atoms with Gasteiger partial charge in [0, 0.05) is 5.56 Å². The number of rotatable bonds is 4. The number of hydrogen-bond donors (Lipinski definition) is 1. The van der Waals surface area contributed by atoms with E-state index >= 15 is 0 Å². The molecule has 1 saturated heterocycles. The third kappa shape index (κ3) is 3.52. The van der Waals surface area contributed by atoms with Gasteiger partial charge in [-0.1, -0.05) is 12.1 Å². The standard InChI is InChI=1S/C19H15FN2O4S/c1-25-15-5-3-4-11(16(15)26-2)10-14-17(23)21-19(27)22(18(14)24)13-8-6-12(20)7-9-13/h3-10H,1-2H3,(H,21,23,27)/b14-10+. The molecule has 2 aromatic rings. The molecule has 6 nitrogen and oxygen atoms in total.